The lowest BCUT2D eigenvalue weighted by Crippen LogP contribution is -2.65. The molecule has 5 rings (SSSR count). The molecule has 0 nitrogen and oxygen atoms in total. The van der Waals surface area contributed by atoms with Gasteiger partial charge in [-0.25, -0.2) is 0 Å². The van der Waals surface area contributed by atoms with Crippen molar-refractivity contribution in [2.45, 2.75) is 127 Å². The zero-order chi connectivity index (χ0) is 23.5. The van der Waals surface area contributed by atoms with E-state index >= 15 is 0 Å². The van der Waals surface area contributed by atoms with Crippen molar-refractivity contribution in [3.63, 3.8) is 0 Å². The van der Waals surface area contributed by atoms with Crippen LogP contribution in [0.1, 0.15) is 127 Å². The zero-order valence-electron chi connectivity index (χ0n) is 23.3. The summed E-state index contributed by atoms with van der Waals surface area (Å²) in [4.78, 5) is 0. The van der Waals surface area contributed by atoms with Gasteiger partial charge in [-0.15, -0.1) is 0 Å². The Morgan fingerprint density at radius 2 is 1.41 bits per heavy atom. The Balaban J connectivity index is 1.59. The lowest BCUT2D eigenvalue weighted by Gasteiger charge is -2.72. The van der Waals surface area contributed by atoms with E-state index in [0.29, 0.717) is 32.5 Å². The van der Waals surface area contributed by atoms with Gasteiger partial charge in [0.25, 0.3) is 0 Å². The maximum Gasteiger partial charge on any atom is -0.00564 e. The van der Waals surface area contributed by atoms with Crippen molar-refractivity contribution in [2.24, 2.45) is 62.1 Å². The van der Waals surface area contributed by atoms with E-state index in [1.165, 1.54) is 57.8 Å². The van der Waals surface area contributed by atoms with Crippen LogP contribution in [0.15, 0.2) is 11.6 Å². The molecule has 0 heterocycles. The second-order valence-electron chi connectivity index (χ2n) is 15.9. The van der Waals surface area contributed by atoms with Crippen LogP contribution in [0.3, 0.4) is 0 Å². The van der Waals surface area contributed by atoms with Crippen LogP contribution < -0.4 is 0 Å². The largest absolute Gasteiger partial charge is 0.0841 e. The van der Waals surface area contributed by atoms with Crippen molar-refractivity contribution in [2.75, 3.05) is 0 Å². The summed E-state index contributed by atoms with van der Waals surface area (Å²) in [6.07, 6.45) is 15.8. The second-order valence-corrected chi connectivity index (χ2v) is 15.9. The molecule has 0 amide bonds. The third kappa shape index (κ3) is 2.62. The third-order valence-corrected chi connectivity index (χ3v) is 14.6. The van der Waals surface area contributed by atoms with E-state index in [0.717, 1.165) is 29.6 Å². The predicted octanol–water partition coefficient (Wildman–Crippen LogP) is 9.69. The number of hydrogen-bond acceptors (Lipinski definition) is 0. The lowest BCUT2D eigenvalue weighted by molar-refractivity contribution is -0.207. The summed E-state index contributed by atoms with van der Waals surface area (Å²) in [6, 6.07) is 0. The van der Waals surface area contributed by atoms with E-state index in [1.807, 2.05) is 5.57 Å². The van der Waals surface area contributed by atoms with E-state index in [-0.39, 0.29) is 0 Å². The minimum Gasteiger partial charge on any atom is -0.0841 e. The maximum atomic E-state index is 2.86. The molecule has 0 bridgehead atoms. The van der Waals surface area contributed by atoms with Crippen molar-refractivity contribution in [3.05, 3.63) is 11.6 Å². The fourth-order valence-corrected chi connectivity index (χ4v) is 11.1. The van der Waals surface area contributed by atoms with E-state index in [2.05, 4.69) is 75.3 Å². The SMILES string of the molecule is CC1CCC2(C)CCC3(C)C(=CCC4C5(C)CCC(C)(C)C(C)(C)C5CCC43C)C2C1C. The summed E-state index contributed by atoms with van der Waals surface area (Å²) in [7, 11) is 0. The summed E-state index contributed by atoms with van der Waals surface area (Å²) in [5, 5.41) is 0. The number of rotatable bonds is 0. The van der Waals surface area contributed by atoms with Crippen LogP contribution in [0, 0.1) is 62.1 Å². The zero-order valence-corrected chi connectivity index (χ0v) is 23.3. The molecule has 0 aromatic heterocycles. The Bertz CT molecular complexity index is 814. The second kappa shape index (κ2) is 6.69. The molecule has 0 aromatic rings. The van der Waals surface area contributed by atoms with Crippen LogP contribution >= 0.6 is 0 Å². The molecular weight excluding hydrogens is 384 g/mol. The Morgan fingerprint density at radius 3 is 2.09 bits per heavy atom. The van der Waals surface area contributed by atoms with Crippen LogP contribution in [0.4, 0.5) is 0 Å². The molecule has 9 atom stereocenters. The molecule has 0 spiro atoms. The molecule has 4 fully saturated rings. The molecule has 0 saturated heterocycles. The Morgan fingerprint density at radius 1 is 0.719 bits per heavy atom. The first-order valence-corrected chi connectivity index (χ1v) is 14.3. The summed E-state index contributed by atoms with van der Waals surface area (Å²) < 4.78 is 0. The van der Waals surface area contributed by atoms with Crippen LogP contribution in [-0.2, 0) is 0 Å². The number of hydrogen-bond donors (Lipinski definition) is 0. The highest BCUT2D eigenvalue weighted by Gasteiger charge is 2.68. The maximum absolute atomic E-state index is 2.86. The van der Waals surface area contributed by atoms with Crippen molar-refractivity contribution in [3.8, 4) is 0 Å². The highest BCUT2D eigenvalue weighted by Crippen LogP contribution is 2.77. The highest BCUT2D eigenvalue weighted by atomic mass is 14.7. The summed E-state index contributed by atoms with van der Waals surface area (Å²) in [5.74, 6) is 4.30. The third-order valence-electron chi connectivity index (χ3n) is 14.6. The predicted molar refractivity (Wildman–Crippen MR) is 138 cm³/mol. The molecule has 9 unspecified atom stereocenters. The minimum absolute atomic E-state index is 0.413. The fraction of sp³-hybridized carbons (Fsp3) is 0.938. The summed E-state index contributed by atoms with van der Waals surface area (Å²) in [6.45, 7) is 26.5. The average molecular weight is 439 g/mol. The first-order chi connectivity index (χ1) is 14.6. The number of fused-ring (bicyclic) bond motifs is 7. The average Bonchev–Trinajstić information content (AvgIpc) is 2.70. The fourth-order valence-electron chi connectivity index (χ4n) is 11.1. The summed E-state index contributed by atoms with van der Waals surface area (Å²) in [5.41, 5.74) is 4.77. The minimum atomic E-state index is 0.413. The van der Waals surface area contributed by atoms with E-state index in [9.17, 15) is 0 Å². The monoisotopic (exact) mass is 438 g/mol. The van der Waals surface area contributed by atoms with Gasteiger partial charge in [0.15, 0.2) is 0 Å². The Labute approximate surface area is 200 Å². The molecule has 0 aromatic carbocycles. The Hall–Kier alpha value is -0.260. The van der Waals surface area contributed by atoms with Crippen molar-refractivity contribution in [1.82, 2.24) is 0 Å². The molecule has 0 heteroatoms. The van der Waals surface area contributed by atoms with Gasteiger partial charge in [-0.2, -0.15) is 0 Å². The van der Waals surface area contributed by atoms with Crippen molar-refractivity contribution in [1.29, 1.82) is 0 Å². The first kappa shape index (κ1) is 23.5. The van der Waals surface area contributed by atoms with Gasteiger partial charge < -0.3 is 0 Å². The summed E-state index contributed by atoms with van der Waals surface area (Å²) >= 11 is 0. The van der Waals surface area contributed by atoms with Gasteiger partial charge in [-0.3, -0.25) is 0 Å². The quantitative estimate of drug-likeness (QED) is 0.330. The van der Waals surface area contributed by atoms with E-state index in [4.69, 9.17) is 0 Å². The van der Waals surface area contributed by atoms with Crippen LogP contribution in [0.25, 0.3) is 0 Å². The van der Waals surface area contributed by atoms with Crippen LogP contribution in [0.5, 0.6) is 0 Å². The molecule has 0 aliphatic heterocycles. The van der Waals surface area contributed by atoms with Gasteiger partial charge in [0.2, 0.25) is 0 Å². The normalized spacial score (nSPS) is 56.2. The van der Waals surface area contributed by atoms with Crippen LogP contribution in [0.2, 0.25) is 0 Å². The molecule has 5 aliphatic rings. The van der Waals surface area contributed by atoms with Gasteiger partial charge in [-0.05, 0) is 120 Å². The van der Waals surface area contributed by atoms with Gasteiger partial charge in [0.05, 0.1) is 0 Å². The van der Waals surface area contributed by atoms with Gasteiger partial charge in [-0.1, -0.05) is 80.9 Å². The standard InChI is InChI=1S/C32H54/c1-21-13-15-29(7)18-20-31(9)23(26(29)22(21)2)11-12-25-30(8)19-17-27(3,4)28(5,6)24(30)14-16-32(25,31)10/h11,21-22,24-26H,12-20H2,1-10H3. The molecule has 182 valence electrons. The molecule has 32 heavy (non-hydrogen) atoms. The molecule has 0 N–H and O–H groups in total. The molecule has 5 aliphatic carbocycles. The van der Waals surface area contributed by atoms with Gasteiger partial charge in [0.1, 0.15) is 0 Å². The smallest absolute Gasteiger partial charge is 0.00564 e. The van der Waals surface area contributed by atoms with E-state index < -0.39 is 0 Å². The first-order valence-electron chi connectivity index (χ1n) is 14.3. The van der Waals surface area contributed by atoms with Crippen molar-refractivity contribution < 1.29 is 0 Å². The van der Waals surface area contributed by atoms with Crippen molar-refractivity contribution >= 4 is 0 Å². The molecule has 0 radical (unpaired) electrons. The number of allylic oxidation sites excluding steroid dienone is 2. The molecule has 4 saturated carbocycles. The Kier molecular flexibility index (Phi) is 4.91. The molecular formula is C32H54. The lowest BCUT2D eigenvalue weighted by atomic mass is 9.32. The van der Waals surface area contributed by atoms with Crippen LogP contribution in [-0.4, -0.2) is 0 Å². The van der Waals surface area contributed by atoms with Gasteiger partial charge >= 0.3 is 0 Å². The topological polar surface area (TPSA) is 0 Å². The van der Waals surface area contributed by atoms with Gasteiger partial charge in [0, 0.05) is 0 Å². The van der Waals surface area contributed by atoms with E-state index in [1.54, 1.807) is 0 Å². The highest BCUT2D eigenvalue weighted by molar-refractivity contribution is 5.33.